The lowest BCUT2D eigenvalue weighted by atomic mass is 9.34. The second-order valence-electron chi connectivity index (χ2n) is 16.8. The van der Waals surface area contributed by atoms with Gasteiger partial charge in [0.05, 0.1) is 21.9 Å². The predicted molar refractivity (Wildman–Crippen MR) is 242 cm³/mol. The van der Waals surface area contributed by atoms with E-state index in [9.17, 15) is 5.11 Å². The molecule has 0 fully saturated rings. The van der Waals surface area contributed by atoms with Crippen molar-refractivity contribution in [2.75, 3.05) is 0 Å². The number of ether oxygens (including phenoxy) is 2. The van der Waals surface area contributed by atoms with Crippen molar-refractivity contribution in [3.8, 4) is 62.1 Å². The summed E-state index contributed by atoms with van der Waals surface area (Å²) in [4.78, 5) is 5.52. The SMILES string of the molecule is CC(C)(C)c1cc(-c2cccc(-c3ccccc3)c2)cc(-c2cccc3c2nc2c4c(O)c5c6c(c4c4ccccc4n32)Oc2ccccc2B6c2ccccc2O5)c1. The Morgan fingerprint density at radius 3 is 1.90 bits per heavy atom. The van der Waals surface area contributed by atoms with E-state index in [1.54, 1.807) is 0 Å². The molecule has 0 atom stereocenters. The van der Waals surface area contributed by atoms with E-state index in [0.29, 0.717) is 22.5 Å². The average molecular weight is 761 g/mol. The first-order chi connectivity index (χ1) is 28.8. The van der Waals surface area contributed by atoms with Crippen molar-refractivity contribution in [2.45, 2.75) is 26.2 Å². The largest absolute Gasteiger partial charge is 0.504 e. The number of rotatable bonds is 3. The molecule has 0 saturated heterocycles. The highest BCUT2D eigenvalue weighted by Gasteiger charge is 2.43. The minimum atomic E-state index is -0.178. The number of fused-ring (bicyclic) bond motifs is 13. The molecule has 280 valence electrons. The van der Waals surface area contributed by atoms with Crippen LogP contribution in [0.4, 0.5) is 0 Å². The Hall–Kier alpha value is -7.31. The van der Waals surface area contributed by atoms with Crippen LogP contribution in [0.5, 0.6) is 28.7 Å². The summed E-state index contributed by atoms with van der Waals surface area (Å²) in [6.45, 7) is 6.62. The molecule has 2 aliphatic heterocycles. The van der Waals surface area contributed by atoms with Gasteiger partial charge in [0.15, 0.2) is 11.5 Å². The number of aromatic nitrogens is 2. The highest BCUT2D eigenvalue weighted by atomic mass is 16.5. The zero-order valence-electron chi connectivity index (χ0n) is 32.8. The number of hydrogen-bond donors (Lipinski definition) is 1. The first-order valence-corrected chi connectivity index (χ1v) is 20.2. The molecule has 2 aromatic heterocycles. The molecule has 6 heteroatoms. The number of phenolic OH excluding ortho intramolecular Hbond substituents is 1. The van der Waals surface area contributed by atoms with E-state index in [2.05, 4.69) is 146 Å². The Morgan fingerprint density at radius 2 is 1.14 bits per heavy atom. The summed E-state index contributed by atoms with van der Waals surface area (Å²) in [5.74, 6) is 2.68. The van der Waals surface area contributed by atoms with Gasteiger partial charge in [0.25, 0.3) is 6.71 Å². The van der Waals surface area contributed by atoms with Gasteiger partial charge in [0.2, 0.25) is 0 Å². The summed E-state index contributed by atoms with van der Waals surface area (Å²) >= 11 is 0. The molecule has 0 spiro atoms. The van der Waals surface area contributed by atoms with E-state index in [-0.39, 0.29) is 17.9 Å². The van der Waals surface area contributed by atoms with Crippen molar-refractivity contribution >= 4 is 61.5 Å². The van der Waals surface area contributed by atoms with Crippen LogP contribution in [-0.4, -0.2) is 21.2 Å². The number of phenols is 1. The Balaban J connectivity index is 1.15. The van der Waals surface area contributed by atoms with Crippen LogP contribution in [0.3, 0.4) is 0 Å². The highest BCUT2D eigenvalue weighted by molar-refractivity contribution is 6.98. The van der Waals surface area contributed by atoms with Crippen molar-refractivity contribution in [3.63, 3.8) is 0 Å². The molecule has 10 aromatic rings. The van der Waals surface area contributed by atoms with Crippen LogP contribution in [0.25, 0.3) is 71.7 Å². The molecule has 4 heterocycles. The van der Waals surface area contributed by atoms with E-state index in [4.69, 9.17) is 14.5 Å². The van der Waals surface area contributed by atoms with Gasteiger partial charge >= 0.3 is 0 Å². The maximum atomic E-state index is 12.7. The Bertz CT molecular complexity index is 3390. The Labute approximate surface area is 341 Å². The monoisotopic (exact) mass is 760 g/mol. The van der Waals surface area contributed by atoms with Gasteiger partial charge in [-0.1, -0.05) is 148 Å². The van der Waals surface area contributed by atoms with E-state index in [0.717, 1.165) is 77.5 Å². The van der Waals surface area contributed by atoms with Crippen molar-refractivity contribution in [1.82, 2.24) is 9.38 Å². The zero-order chi connectivity index (χ0) is 39.6. The number of nitrogens with zero attached hydrogens (tertiary/aromatic N) is 2. The number of benzene rings is 8. The quantitative estimate of drug-likeness (QED) is 0.144. The Morgan fingerprint density at radius 1 is 0.542 bits per heavy atom. The molecule has 0 bridgehead atoms. The van der Waals surface area contributed by atoms with Crippen molar-refractivity contribution in [1.29, 1.82) is 0 Å². The number of para-hydroxylation sites is 4. The third-order valence-corrected chi connectivity index (χ3v) is 12.3. The second kappa shape index (κ2) is 12.3. The summed E-state index contributed by atoms with van der Waals surface area (Å²) in [5.41, 5.74) is 14.2. The fourth-order valence-electron chi connectivity index (χ4n) is 9.49. The first kappa shape index (κ1) is 33.8. The Kier molecular flexibility index (Phi) is 7.07. The summed E-state index contributed by atoms with van der Waals surface area (Å²) in [7, 11) is 0. The summed E-state index contributed by atoms with van der Waals surface area (Å²) in [6.07, 6.45) is 0. The number of imidazole rings is 1. The number of aromatic hydroxyl groups is 1. The van der Waals surface area contributed by atoms with Crippen molar-refractivity contribution in [3.05, 3.63) is 169 Å². The molecule has 0 radical (unpaired) electrons. The summed E-state index contributed by atoms with van der Waals surface area (Å²) in [5, 5.41) is 15.0. The molecule has 0 saturated carbocycles. The predicted octanol–water partition coefficient (Wildman–Crippen LogP) is 11.5. The van der Waals surface area contributed by atoms with Gasteiger partial charge < -0.3 is 14.6 Å². The van der Waals surface area contributed by atoms with Crippen molar-refractivity contribution in [2.24, 2.45) is 0 Å². The smallest absolute Gasteiger partial charge is 0.260 e. The van der Waals surface area contributed by atoms with E-state index >= 15 is 0 Å². The molecule has 5 nitrogen and oxygen atoms in total. The molecule has 0 unspecified atom stereocenters. The molecule has 1 N–H and O–H groups in total. The van der Waals surface area contributed by atoms with Crippen LogP contribution >= 0.6 is 0 Å². The number of hydrogen-bond acceptors (Lipinski definition) is 4. The maximum absolute atomic E-state index is 12.7. The molecular weight excluding hydrogens is 723 g/mol. The van der Waals surface area contributed by atoms with Crippen LogP contribution in [0, 0.1) is 0 Å². The molecule has 2 aliphatic rings. The molecule has 8 aromatic carbocycles. The minimum Gasteiger partial charge on any atom is -0.504 e. The van der Waals surface area contributed by atoms with Gasteiger partial charge in [-0.05, 0) is 86.1 Å². The highest BCUT2D eigenvalue weighted by Crippen LogP contribution is 2.50. The molecule has 12 rings (SSSR count). The van der Waals surface area contributed by atoms with Gasteiger partial charge in [-0.2, -0.15) is 0 Å². The van der Waals surface area contributed by atoms with Gasteiger partial charge in [0, 0.05) is 21.8 Å². The van der Waals surface area contributed by atoms with Crippen LogP contribution in [0.1, 0.15) is 26.3 Å². The lowest BCUT2D eigenvalue weighted by molar-refractivity contribution is 0.414. The normalized spacial score (nSPS) is 13.0. The van der Waals surface area contributed by atoms with Gasteiger partial charge in [-0.25, -0.2) is 4.98 Å². The van der Waals surface area contributed by atoms with Crippen LogP contribution in [0.15, 0.2) is 164 Å². The summed E-state index contributed by atoms with van der Waals surface area (Å²) in [6, 6.07) is 57.4. The van der Waals surface area contributed by atoms with Crippen LogP contribution < -0.4 is 25.9 Å². The average Bonchev–Trinajstić information content (AvgIpc) is 3.67. The lowest BCUT2D eigenvalue weighted by Crippen LogP contribution is -2.57. The third-order valence-electron chi connectivity index (χ3n) is 12.3. The second-order valence-corrected chi connectivity index (χ2v) is 16.8. The van der Waals surface area contributed by atoms with Gasteiger partial charge in [-0.3, -0.25) is 4.40 Å². The van der Waals surface area contributed by atoms with E-state index in [1.165, 1.54) is 16.7 Å². The zero-order valence-corrected chi connectivity index (χ0v) is 32.8. The standard InChI is InChI=1S/C53H37BN2O3/c1-53(2,3)36-29-34(33-18-13-17-32(27-33)31-15-5-4-6-16-31)28-35(30-36)37-20-14-24-42-48(37)55-52-46-45(38-19-7-10-23-41(38)56(42)52)50-47-51(49(46)57)59-44-26-12-9-22-40(44)54(47)39-21-8-11-25-43(39)58-50/h4-30,57H,1-3H3. The fraction of sp³-hybridized carbons (Fsp3) is 0.0755. The van der Waals surface area contributed by atoms with Gasteiger partial charge in [-0.15, -0.1) is 0 Å². The molecule has 59 heavy (non-hydrogen) atoms. The summed E-state index contributed by atoms with van der Waals surface area (Å²) < 4.78 is 15.8. The number of pyridine rings is 1. The first-order valence-electron chi connectivity index (χ1n) is 20.2. The van der Waals surface area contributed by atoms with E-state index in [1.807, 2.05) is 42.5 Å². The van der Waals surface area contributed by atoms with Crippen LogP contribution in [-0.2, 0) is 5.41 Å². The molecule has 0 amide bonds. The van der Waals surface area contributed by atoms with E-state index < -0.39 is 0 Å². The topological polar surface area (TPSA) is 56.0 Å². The van der Waals surface area contributed by atoms with Gasteiger partial charge in [0.1, 0.15) is 22.9 Å². The fourth-order valence-corrected chi connectivity index (χ4v) is 9.49. The molecule has 0 aliphatic carbocycles. The third kappa shape index (κ3) is 4.96. The molecular formula is C53H37BN2O3. The lowest BCUT2D eigenvalue weighted by Gasteiger charge is -2.34. The van der Waals surface area contributed by atoms with Crippen molar-refractivity contribution < 1.29 is 14.6 Å². The minimum absolute atomic E-state index is 0.0594. The maximum Gasteiger partial charge on any atom is 0.260 e. The van der Waals surface area contributed by atoms with Crippen LogP contribution in [0.2, 0.25) is 0 Å².